The maximum atomic E-state index is 13.4. The van der Waals surface area contributed by atoms with Crippen molar-refractivity contribution in [3.63, 3.8) is 0 Å². The van der Waals surface area contributed by atoms with Gasteiger partial charge in [0.25, 0.3) is 0 Å². The van der Waals surface area contributed by atoms with Crippen molar-refractivity contribution in [2.45, 2.75) is 26.0 Å². The van der Waals surface area contributed by atoms with E-state index in [-0.39, 0.29) is 11.9 Å². The topological polar surface area (TPSA) is 35.2 Å². The average molecular weight is 417 g/mol. The van der Waals surface area contributed by atoms with Crippen LogP contribution in [0.5, 0.6) is 5.75 Å². The highest BCUT2D eigenvalue weighted by molar-refractivity contribution is 9.10. The molecular formula is C16H16Br2FNO. The maximum absolute atomic E-state index is 13.4. The van der Waals surface area contributed by atoms with Gasteiger partial charge in [-0.3, -0.25) is 0 Å². The predicted molar refractivity (Wildman–Crippen MR) is 89.9 cm³/mol. The van der Waals surface area contributed by atoms with E-state index < -0.39 is 0 Å². The van der Waals surface area contributed by atoms with Crippen molar-refractivity contribution in [2.75, 3.05) is 0 Å². The Morgan fingerprint density at radius 2 is 1.95 bits per heavy atom. The van der Waals surface area contributed by atoms with Gasteiger partial charge in [-0.2, -0.15) is 0 Å². The molecule has 0 saturated heterocycles. The first-order valence-corrected chi connectivity index (χ1v) is 8.15. The summed E-state index contributed by atoms with van der Waals surface area (Å²) < 4.78 is 20.6. The van der Waals surface area contributed by atoms with Crippen LogP contribution in [0.3, 0.4) is 0 Å². The van der Waals surface area contributed by atoms with Gasteiger partial charge < -0.3 is 10.5 Å². The molecule has 2 nitrogen and oxygen atoms in total. The minimum atomic E-state index is -0.287. The third-order valence-corrected chi connectivity index (χ3v) is 4.65. The summed E-state index contributed by atoms with van der Waals surface area (Å²) in [4.78, 5) is 0. The molecule has 1 atom stereocenters. The van der Waals surface area contributed by atoms with Crippen LogP contribution < -0.4 is 10.5 Å². The van der Waals surface area contributed by atoms with E-state index in [1.165, 1.54) is 6.07 Å². The van der Waals surface area contributed by atoms with Crippen LogP contribution in [-0.2, 0) is 13.0 Å². The molecule has 0 aliphatic carbocycles. The van der Waals surface area contributed by atoms with Crippen LogP contribution >= 0.6 is 31.9 Å². The van der Waals surface area contributed by atoms with Crippen LogP contribution in [0.4, 0.5) is 4.39 Å². The fourth-order valence-electron chi connectivity index (χ4n) is 1.97. The highest BCUT2D eigenvalue weighted by atomic mass is 79.9. The fourth-order valence-corrected chi connectivity index (χ4v) is 2.75. The third kappa shape index (κ3) is 4.53. The number of benzene rings is 2. The van der Waals surface area contributed by atoms with Gasteiger partial charge in [-0.15, -0.1) is 0 Å². The number of hydrogen-bond acceptors (Lipinski definition) is 2. The SMILES string of the molecule is CC(N)Cc1cc(OCc2cccc(F)c2Br)ccc1Br. The van der Waals surface area contributed by atoms with E-state index in [9.17, 15) is 4.39 Å². The molecule has 0 radical (unpaired) electrons. The van der Waals surface area contributed by atoms with Crippen molar-refractivity contribution >= 4 is 31.9 Å². The van der Waals surface area contributed by atoms with Gasteiger partial charge in [0.05, 0.1) is 4.47 Å². The van der Waals surface area contributed by atoms with Gasteiger partial charge in [0, 0.05) is 16.1 Å². The monoisotopic (exact) mass is 415 g/mol. The molecule has 2 N–H and O–H groups in total. The lowest BCUT2D eigenvalue weighted by molar-refractivity contribution is 0.304. The second-order valence-corrected chi connectivity index (χ2v) is 6.58. The van der Waals surface area contributed by atoms with Crippen molar-refractivity contribution in [2.24, 2.45) is 5.73 Å². The van der Waals surface area contributed by atoms with Crippen molar-refractivity contribution in [3.05, 3.63) is 62.3 Å². The summed E-state index contributed by atoms with van der Waals surface area (Å²) in [5.41, 5.74) is 7.70. The zero-order valence-electron chi connectivity index (χ0n) is 11.6. The maximum Gasteiger partial charge on any atom is 0.137 e. The van der Waals surface area contributed by atoms with Crippen LogP contribution in [0.2, 0.25) is 0 Å². The second-order valence-electron chi connectivity index (χ2n) is 4.94. The normalized spacial score (nSPS) is 12.2. The van der Waals surface area contributed by atoms with Gasteiger partial charge in [-0.05, 0) is 59.1 Å². The zero-order chi connectivity index (χ0) is 15.4. The summed E-state index contributed by atoms with van der Waals surface area (Å²) in [6.45, 7) is 2.27. The molecule has 0 aliphatic heterocycles. The molecule has 2 aromatic carbocycles. The third-order valence-electron chi connectivity index (χ3n) is 2.98. The summed E-state index contributed by atoms with van der Waals surface area (Å²) in [5, 5.41) is 0. The van der Waals surface area contributed by atoms with E-state index >= 15 is 0 Å². The summed E-state index contributed by atoms with van der Waals surface area (Å²) in [7, 11) is 0. The molecule has 5 heteroatoms. The van der Waals surface area contributed by atoms with E-state index in [0.717, 1.165) is 27.8 Å². The van der Waals surface area contributed by atoms with E-state index in [0.29, 0.717) is 11.1 Å². The molecule has 2 aromatic rings. The lowest BCUT2D eigenvalue weighted by Crippen LogP contribution is -2.18. The highest BCUT2D eigenvalue weighted by Gasteiger charge is 2.08. The molecule has 0 bridgehead atoms. The van der Waals surface area contributed by atoms with Crippen molar-refractivity contribution in [1.82, 2.24) is 0 Å². The molecule has 0 spiro atoms. The Morgan fingerprint density at radius 1 is 1.19 bits per heavy atom. The average Bonchev–Trinajstić information content (AvgIpc) is 2.43. The van der Waals surface area contributed by atoms with Gasteiger partial charge >= 0.3 is 0 Å². The Balaban J connectivity index is 2.11. The largest absolute Gasteiger partial charge is 0.489 e. The number of nitrogens with two attached hydrogens (primary N) is 1. The Labute approximate surface area is 140 Å². The summed E-state index contributed by atoms with van der Waals surface area (Å²) in [6, 6.07) is 10.8. The van der Waals surface area contributed by atoms with Gasteiger partial charge in [0.2, 0.25) is 0 Å². The molecule has 21 heavy (non-hydrogen) atoms. The van der Waals surface area contributed by atoms with Crippen LogP contribution in [0.1, 0.15) is 18.1 Å². The first kappa shape index (κ1) is 16.5. The second kappa shape index (κ2) is 7.38. The van der Waals surface area contributed by atoms with Gasteiger partial charge in [-0.25, -0.2) is 4.39 Å². The van der Waals surface area contributed by atoms with Gasteiger partial charge in [0.15, 0.2) is 0 Å². The zero-order valence-corrected chi connectivity index (χ0v) is 14.7. The Bertz CT molecular complexity index is 632. The van der Waals surface area contributed by atoms with Gasteiger partial charge in [-0.1, -0.05) is 28.1 Å². The van der Waals surface area contributed by atoms with E-state index in [1.54, 1.807) is 6.07 Å². The quantitative estimate of drug-likeness (QED) is 0.758. The molecule has 112 valence electrons. The van der Waals surface area contributed by atoms with Crippen LogP contribution in [0.15, 0.2) is 45.3 Å². The summed E-state index contributed by atoms with van der Waals surface area (Å²) in [6.07, 6.45) is 0.765. The number of hydrogen-bond donors (Lipinski definition) is 1. The number of ether oxygens (including phenoxy) is 1. The lowest BCUT2D eigenvalue weighted by Gasteiger charge is -2.12. The first-order valence-electron chi connectivity index (χ1n) is 6.57. The Hall–Kier alpha value is -0.910. The smallest absolute Gasteiger partial charge is 0.137 e. The standard InChI is InChI=1S/C16H16Br2FNO/c1-10(20)7-12-8-13(5-6-14(12)17)21-9-11-3-2-4-15(19)16(11)18/h2-6,8,10H,7,9,20H2,1H3. The van der Waals surface area contributed by atoms with Crippen molar-refractivity contribution in [3.8, 4) is 5.75 Å². The van der Waals surface area contributed by atoms with Crippen LogP contribution in [0, 0.1) is 5.82 Å². The predicted octanol–water partition coefficient (Wildman–Crippen LogP) is 4.82. The molecule has 0 amide bonds. The Morgan fingerprint density at radius 3 is 2.67 bits per heavy atom. The van der Waals surface area contributed by atoms with Crippen LogP contribution in [0.25, 0.3) is 0 Å². The molecule has 1 unspecified atom stereocenters. The van der Waals surface area contributed by atoms with E-state index in [1.807, 2.05) is 31.2 Å². The number of rotatable bonds is 5. The summed E-state index contributed by atoms with van der Waals surface area (Å²) >= 11 is 6.74. The minimum absolute atomic E-state index is 0.0777. The number of halogens is 3. The molecule has 0 aliphatic rings. The fraction of sp³-hybridized carbons (Fsp3) is 0.250. The molecule has 0 aromatic heterocycles. The van der Waals surface area contributed by atoms with Crippen LogP contribution in [-0.4, -0.2) is 6.04 Å². The van der Waals surface area contributed by atoms with E-state index in [4.69, 9.17) is 10.5 Å². The Kier molecular flexibility index (Phi) is 5.79. The molecule has 0 heterocycles. The molecule has 2 rings (SSSR count). The first-order chi connectivity index (χ1) is 9.97. The molecule has 0 saturated carbocycles. The van der Waals surface area contributed by atoms with Gasteiger partial charge in [0.1, 0.15) is 18.2 Å². The highest BCUT2D eigenvalue weighted by Crippen LogP contribution is 2.26. The molecular weight excluding hydrogens is 401 g/mol. The summed E-state index contributed by atoms with van der Waals surface area (Å²) in [5.74, 6) is 0.453. The minimum Gasteiger partial charge on any atom is -0.489 e. The lowest BCUT2D eigenvalue weighted by atomic mass is 10.1. The van der Waals surface area contributed by atoms with Crippen molar-refractivity contribution < 1.29 is 9.13 Å². The van der Waals surface area contributed by atoms with Crippen molar-refractivity contribution in [1.29, 1.82) is 0 Å². The molecule has 0 fully saturated rings. The van der Waals surface area contributed by atoms with E-state index in [2.05, 4.69) is 31.9 Å².